The minimum atomic E-state index is -0.540. The van der Waals surface area contributed by atoms with Crippen LogP contribution in [0.4, 0.5) is 0 Å². The van der Waals surface area contributed by atoms with Crippen LogP contribution in [0.1, 0.15) is 23.6 Å². The predicted octanol–water partition coefficient (Wildman–Crippen LogP) is 1.82. The highest BCUT2D eigenvalue weighted by Gasteiger charge is 2.04. The van der Waals surface area contributed by atoms with E-state index < -0.39 is 6.10 Å². The van der Waals surface area contributed by atoms with Gasteiger partial charge in [-0.25, -0.2) is 0 Å². The Labute approximate surface area is 114 Å². The highest BCUT2D eigenvalue weighted by atomic mass is 16.5. The second-order valence-electron chi connectivity index (χ2n) is 4.60. The fraction of sp³-hybridized carbons (Fsp3) is 0.400. The van der Waals surface area contributed by atoms with Gasteiger partial charge in [0.05, 0.1) is 13.2 Å². The number of carbonyl (C=O) groups is 1. The van der Waals surface area contributed by atoms with Crippen LogP contribution in [0.15, 0.2) is 18.2 Å². The molecule has 0 aromatic heterocycles. The molecule has 19 heavy (non-hydrogen) atoms. The fourth-order valence-electron chi connectivity index (χ4n) is 1.78. The summed E-state index contributed by atoms with van der Waals surface area (Å²) in [5.41, 5.74) is 3.11. The number of amides is 1. The maximum atomic E-state index is 11.5. The second-order valence-corrected chi connectivity index (χ2v) is 4.60. The average molecular weight is 263 g/mol. The number of rotatable bonds is 5. The number of aryl methyl sites for hydroxylation is 2. The van der Waals surface area contributed by atoms with E-state index in [9.17, 15) is 4.79 Å². The van der Waals surface area contributed by atoms with E-state index >= 15 is 0 Å². The summed E-state index contributed by atoms with van der Waals surface area (Å²) in [6.07, 6.45) is 2.72. The van der Waals surface area contributed by atoms with Crippen molar-refractivity contribution in [2.75, 3.05) is 13.7 Å². The lowest BCUT2D eigenvalue weighted by atomic mass is 10.0. The van der Waals surface area contributed by atoms with Crippen LogP contribution in [0.25, 0.3) is 6.08 Å². The fourth-order valence-corrected chi connectivity index (χ4v) is 1.78. The van der Waals surface area contributed by atoms with Crippen molar-refractivity contribution in [3.63, 3.8) is 0 Å². The van der Waals surface area contributed by atoms with Gasteiger partial charge in [0.2, 0.25) is 5.91 Å². The van der Waals surface area contributed by atoms with Crippen LogP contribution >= 0.6 is 0 Å². The molecule has 1 amide bonds. The van der Waals surface area contributed by atoms with Gasteiger partial charge in [-0.2, -0.15) is 0 Å². The molecule has 0 spiro atoms. The zero-order chi connectivity index (χ0) is 14.4. The summed E-state index contributed by atoms with van der Waals surface area (Å²) in [4.78, 5) is 11.5. The molecule has 0 aliphatic heterocycles. The molecule has 104 valence electrons. The number of hydrogen-bond acceptors (Lipinski definition) is 3. The van der Waals surface area contributed by atoms with Crippen LogP contribution in [-0.2, 0) is 4.79 Å². The predicted molar refractivity (Wildman–Crippen MR) is 76.2 cm³/mol. The molecule has 1 atom stereocenters. The number of hydrogen-bond donors (Lipinski definition) is 2. The molecule has 2 N–H and O–H groups in total. The highest BCUT2D eigenvalue weighted by molar-refractivity contribution is 5.92. The molecule has 1 aromatic rings. The van der Waals surface area contributed by atoms with Crippen molar-refractivity contribution in [1.82, 2.24) is 5.32 Å². The van der Waals surface area contributed by atoms with Gasteiger partial charge in [0.15, 0.2) is 0 Å². The number of benzene rings is 1. The summed E-state index contributed by atoms with van der Waals surface area (Å²) in [7, 11) is 1.63. The normalized spacial score (nSPS) is 12.5. The standard InChI is InChI=1S/C15H21NO3/c1-10-7-13(19-4)8-11(2)14(10)5-6-15(18)16-9-12(3)17/h5-8,12,17H,9H2,1-4H3,(H,16,18)/b6-5+. The first kappa shape index (κ1) is 15.2. The lowest BCUT2D eigenvalue weighted by molar-refractivity contribution is -0.116. The van der Waals surface area contributed by atoms with Crippen molar-refractivity contribution in [3.8, 4) is 5.75 Å². The highest BCUT2D eigenvalue weighted by Crippen LogP contribution is 2.22. The van der Waals surface area contributed by atoms with Crippen LogP contribution in [-0.4, -0.2) is 30.8 Å². The molecule has 0 fully saturated rings. The number of aliphatic hydroxyl groups excluding tert-OH is 1. The molecule has 0 heterocycles. The van der Waals surface area contributed by atoms with Crippen LogP contribution in [0, 0.1) is 13.8 Å². The molecule has 0 aliphatic carbocycles. The van der Waals surface area contributed by atoms with Gasteiger partial charge in [-0.05, 0) is 55.7 Å². The van der Waals surface area contributed by atoms with Gasteiger partial charge in [-0.15, -0.1) is 0 Å². The Hall–Kier alpha value is -1.81. The van der Waals surface area contributed by atoms with E-state index in [1.807, 2.05) is 26.0 Å². The van der Waals surface area contributed by atoms with Crippen molar-refractivity contribution in [1.29, 1.82) is 0 Å². The molecular weight excluding hydrogens is 242 g/mol. The SMILES string of the molecule is COc1cc(C)c(/C=C/C(=O)NCC(C)O)c(C)c1. The molecule has 0 saturated heterocycles. The maximum Gasteiger partial charge on any atom is 0.244 e. The van der Waals surface area contributed by atoms with E-state index in [-0.39, 0.29) is 12.5 Å². The zero-order valence-corrected chi connectivity index (χ0v) is 11.9. The summed E-state index contributed by atoms with van der Waals surface area (Å²) in [5, 5.41) is 11.7. The lowest BCUT2D eigenvalue weighted by Gasteiger charge is -2.09. The minimum Gasteiger partial charge on any atom is -0.497 e. The Kier molecular flexibility index (Phi) is 5.57. The number of carbonyl (C=O) groups excluding carboxylic acids is 1. The first-order valence-corrected chi connectivity index (χ1v) is 6.23. The molecule has 0 radical (unpaired) electrons. The summed E-state index contributed by atoms with van der Waals surface area (Å²) in [6.45, 7) is 5.83. The molecular formula is C15H21NO3. The lowest BCUT2D eigenvalue weighted by Crippen LogP contribution is -2.28. The van der Waals surface area contributed by atoms with Crippen molar-refractivity contribution >= 4 is 12.0 Å². The van der Waals surface area contributed by atoms with E-state index in [1.165, 1.54) is 6.08 Å². The Balaban J connectivity index is 2.79. The van der Waals surface area contributed by atoms with Crippen molar-refractivity contribution in [3.05, 3.63) is 34.9 Å². The third kappa shape index (κ3) is 4.75. The zero-order valence-electron chi connectivity index (χ0n) is 11.9. The smallest absolute Gasteiger partial charge is 0.244 e. The van der Waals surface area contributed by atoms with E-state index in [0.29, 0.717) is 0 Å². The molecule has 1 rings (SSSR count). The summed E-state index contributed by atoms with van der Waals surface area (Å²) in [5.74, 6) is 0.598. The Morgan fingerprint density at radius 3 is 2.47 bits per heavy atom. The van der Waals surface area contributed by atoms with Crippen LogP contribution in [0.2, 0.25) is 0 Å². The summed E-state index contributed by atoms with van der Waals surface area (Å²) >= 11 is 0. The third-order valence-corrected chi connectivity index (χ3v) is 2.78. The van der Waals surface area contributed by atoms with Gasteiger partial charge in [-0.1, -0.05) is 0 Å². The van der Waals surface area contributed by atoms with E-state index in [1.54, 1.807) is 20.1 Å². The number of methoxy groups -OCH3 is 1. The molecule has 0 aliphatic rings. The van der Waals surface area contributed by atoms with Gasteiger partial charge in [-0.3, -0.25) is 4.79 Å². The van der Waals surface area contributed by atoms with Gasteiger partial charge < -0.3 is 15.2 Å². The first-order valence-electron chi connectivity index (χ1n) is 6.23. The van der Waals surface area contributed by atoms with Gasteiger partial charge >= 0.3 is 0 Å². The van der Waals surface area contributed by atoms with E-state index in [0.717, 1.165) is 22.4 Å². The Morgan fingerprint density at radius 1 is 1.42 bits per heavy atom. The topological polar surface area (TPSA) is 58.6 Å². The second kappa shape index (κ2) is 6.95. The average Bonchev–Trinajstić information content (AvgIpc) is 2.34. The largest absolute Gasteiger partial charge is 0.497 e. The quantitative estimate of drug-likeness (QED) is 0.797. The van der Waals surface area contributed by atoms with Crippen molar-refractivity contribution in [2.45, 2.75) is 26.9 Å². The van der Waals surface area contributed by atoms with Gasteiger partial charge in [0, 0.05) is 12.6 Å². The van der Waals surface area contributed by atoms with E-state index in [4.69, 9.17) is 9.84 Å². The van der Waals surface area contributed by atoms with Crippen molar-refractivity contribution in [2.24, 2.45) is 0 Å². The van der Waals surface area contributed by atoms with Crippen LogP contribution in [0.3, 0.4) is 0 Å². The Bertz CT molecular complexity index is 455. The third-order valence-electron chi connectivity index (χ3n) is 2.78. The summed E-state index contributed by atoms with van der Waals surface area (Å²) < 4.78 is 5.19. The number of ether oxygens (including phenoxy) is 1. The van der Waals surface area contributed by atoms with Crippen LogP contribution in [0.5, 0.6) is 5.75 Å². The molecule has 0 saturated carbocycles. The van der Waals surface area contributed by atoms with E-state index in [2.05, 4.69) is 5.32 Å². The first-order chi connectivity index (χ1) is 8.93. The molecule has 0 bridgehead atoms. The molecule has 4 heteroatoms. The molecule has 1 aromatic carbocycles. The van der Waals surface area contributed by atoms with Gasteiger partial charge in [0.25, 0.3) is 0 Å². The molecule has 4 nitrogen and oxygen atoms in total. The molecule has 1 unspecified atom stereocenters. The van der Waals surface area contributed by atoms with Crippen LogP contribution < -0.4 is 10.1 Å². The number of aliphatic hydroxyl groups is 1. The summed E-state index contributed by atoms with van der Waals surface area (Å²) in [6, 6.07) is 3.86. The van der Waals surface area contributed by atoms with Crippen molar-refractivity contribution < 1.29 is 14.6 Å². The van der Waals surface area contributed by atoms with Gasteiger partial charge in [0.1, 0.15) is 5.75 Å². The maximum absolute atomic E-state index is 11.5. The minimum absolute atomic E-state index is 0.212. The number of nitrogens with one attached hydrogen (secondary N) is 1. The monoisotopic (exact) mass is 263 g/mol. The Morgan fingerprint density at radius 2 is 2.00 bits per heavy atom.